The number of ether oxygens (including phenoxy) is 5. The van der Waals surface area contributed by atoms with E-state index in [9.17, 15) is 9.59 Å². The Balaban J connectivity index is 1.48. The zero-order valence-electron chi connectivity index (χ0n) is 21.4. The normalized spacial score (nSPS) is 28.6. The van der Waals surface area contributed by atoms with Gasteiger partial charge in [-0.05, 0) is 37.5 Å². The van der Waals surface area contributed by atoms with Crippen LogP contribution in [0.5, 0.6) is 11.5 Å². The van der Waals surface area contributed by atoms with Crippen molar-refractivity contribution in [1.29, 1.82) is 0 Å². The molecule has 0 N–H and O–H groups in total. The number of benzene rings is 1. The molecule has 0 radical (unpaired) electrons. The average Bonchev–Trinajstić information content (AvgIpc) is 3.20. The van der Waals surface area contributed by atoms with E-state index < -0.39 is 6.04 Å². The standard InChI is InChI=1S/C27H36N2O7/c1-32-17-6-8-21(34-3)20(15-17)24-23-25(30)19-7-5-18(33-2)16-22(19)36-26(23)27(31)29(24)10-4-9-28-11-13-35-14-12-28/h6,8,15,18-19,22,24H,4-5,7,9-14,16H2,1-3H3. The summed E-state index contributed by atoms with van der Waals surface area (Å²) in [5.74, 6) is 0.958. The van der Waals surface area contributed by atoms with Gasteiger partial charge in [0.1, 0.15) is 17.6 Å². The van der Waals surface area contributed by atoms with Crippen molar-refractivity contribution in [2.75, 3.05) is 60.7 Å². The highest BCUT2D eigenvalue weighted by Gasteiger charge is 2.53. The number of nitrogens with zero attached hydrogens (tertiary/aromatic N) is 2. The minimum Gasteiger partial charge on any atom is -0.497 e. The second-order valence-electron chi connectivity index (χ2n) is 9.86. The summed E-state index contributed by atoms with van der Waals surface area (Å²) in [7, 11) is 4.88. The fourth-order valence-corrected chi connectivity index (χ4v) is 5.99. The second kappa shape index (κ2) is 10.8. The first kappa shape index (κ1) is 25.0. The number of amides is 1. The topological polar surface area (TPSA) is 86.8 Å². The molecule has 0 bridgehead atoms. The number of fused-ring (bicyclic) bond motifs is 1. The molecule has 4 aliphatic rings. The van der Waals surface area contributed by atoms with Crippen molar-refractivity contribution >= 4 is 11.7 Å². The van der Waals surface area contributed by atoms with Gasteiger partial charge in [-0.2, -0.15) is 0 Å². The Hall–Kier alpha value is -2.62. The van der Waals surface area contributed by atoms with E-state index in [1.165, 1.54) is 0 Å². The van der Waals surface area contributed by atoms with Gasteiger partial charge in [0.25, 0.3) is 5.91 Å². The summed E-state index contributed by atoms with van der Waals surface area (Å²) >= 11 is 0. The number of methoxy groups -OCH3 is 3. The first-order chi connectivity index (χ1) is 17.5. The van der Waals surface area contributed by atoms with Gasteiger partial charge in [0.2, 0.25) is 0 Å². The van der Waals surface area contributed by atoms with Crippen molar-refractivity contribution in [1.82, 2.24) is 9.80 Å². The van der Waals surface area contributed by atoms with E-state index in [4.69, 9.17) is 23.7 Å². The highest BCUT2D eigenvalue weighted by atomic mass is 16.5. The van der Waals surface area contributed by atoms with Crippen LogP contribution in [0.15, 0.2) is 29.5 Å². The predicted molar refractivity (Wildman–Crippen MR) is 131 cm³/mol. The lowest BCUT2D eigenvalue weighted by molar-refractivity contribution is -0.138. The third-order valence-corrected chi connectivity index (χ3v) is 7.94. The molecule has 1 aliphatic carbocycles. The minimum atomic E-state index is -0.573. The summed E-state index contributed by atoms with van der Waals surface area (Å²) in [6.07, 6.45) is 2.59. The Morgan fingerprint density at radius 2 is 1.83 bits per heavy atom. The fraction of sp³-hybridized carbons (Fsp3) is 0.630. The molecule has 9 nitrogen and oxygen atoms in total. The highest BCUT2D eigenvalue weighted by molar-refractivity contribution is 6.11. The molecule has 1 aromatic carbocycles. The Labute approximate surface area is 212 Å². The lowest BCUT2D eigenvalue weighted by Crippen LogP contribution is -2.43. The average molecular weight is 501 g/mol. The lowest BCUT2D eigenvalue weighted by atomic mass is 9.76. The predicted octanol–water partition coefficient (Wildman–Crippen LogP) is 2.35. The molecule has 196 valence electrons. The molecule has 1 aromatic rings. The van der Waals surface area contributed by atoms with E-state index >= 15 is 0 Å². The summed E-state index contributed by atoms with van der Waals surface area (Å²) in [5.41, 5.74) is 1.19. The van der Waals surface area contributed by atoms with Gasteiger partial charge >= 0.3 is 0 Å². The quantitative estimate of drug-likeness (QED) is 0.538. The molecule has 5 rings (SSSR count). The van der Waals surface area contributed by atoms with Gasteiger partial charge in [-0.1, -0.05) is 0 Å². The Kier molecular flexibility index (Phi) is 7.50. The molecule has 4 atom stereocenters. The monoisotopic (exact) mass is 500 g/mol. The van der Waals surface area contributed by atoms with Crippen LogP contribution in [-0.2, 0) is 23.8 Å². The first-order valence-corrected chi connectivity index (χ1v) is 12.9. The Bertz CT molecular complexity index is 1020. The van der Waals surface area contributed by atoms with Crippen LogP contribution in [0.1, 0.15) is 37.3 Å². The van der Waals surface area contributed by atoms with Crippen molar-refractivity contribution in [2.45, 2.75) is 43.9 Å². The number of hydrogen-bond donors (Lipinski definition) is 0. The smallest absolute Gasteiger partial charge is 0.290 e. The van der Waals surface area contributed by atoms with Gasteiger partial charge in [-0.15, -0.1) is 0 Å². The van der Waals surface area contributed by atoms with Crippen molar-refractivity contribution in [2.24, 2.45) is 5.92 Å². The Morgan fingerprint density at radius 1 is 1.03 bits per heavy atom. The number of rotatable bonds is 8. The molecular formula is C27H36N2O7. The molecule has 1 saturated carbocycles. The zero-order chi connectivity index (χ0) is 25.2. The summed E-state index contributed by atoms with van der Waals surface area (Å²) in [6.45, 7) is 4.60. The third kappa shape index (κ3) is 4.60. The number of carbonyl (C=O) groups excluding carboxylic acids is 2. The maximum absolute atomic E-state index is 13.9. The molecule has 36 heavy (non-hydrogen) atoms. The van der Waals surface area contributed by atoms with Crippen LogP contribution in [0.25, 0.3) is 0 Å². The fourth-order valence-electron chi connectivity index (χ4n) is 5.99. The molecule has 3 aliphatic heterocycles. The molecular weight excluding hydrogens is 464 g/mol. The van der Waals surface area contributed by atoms with Gasteiger partial charge in [-0.25, -0.2) is 0 Å². The van der Waals surface area contributed by atoms with Crippen LogP contribution in [-0.4, -0.2) is 94.4 Å². The van der Waals surface area contributed by atoms with Crippen molar-refractivity contribution in [3.05, 3.63) is 35.1 Å². The van der Waals surface area contributed by atoms with Crippen molar-refractivity contribution in [3.63, 3.8) is 0 Å². The van der Waals surface area contributed by atoms with Gasteiger partial charge in [-0.3, -0.25) is 14.5 Å². The van der Waals surface area contributed by atoms with Gasteiger partial charge in [0.15, 0.2) is 11.5 Å². The van der Waals surface area contributed by atoms with E-state index in [-0.39, 0.29) is 35.6 Å². The minimum absolute atomic E-state index is 0.00899. The van der Waals surface area contributed by atoms with Gasteiger partial charge in [0.05, 0.1) is 51.1 Å². The van der Waals surface area contributed by atoms with Crippen LogP contribution in [0.2, 0.25) is 0 Å². The Morgan fingerprint density at radius 3 is 2.56 bits per heavy atom. The third-order valence-electron chi connectivity index (χ3n) is 7.94. The van der Waals surface area contributed by atoms with Crippen LogP contribution >= 0.6 is 0 Å². The number of Topliss-reactive ketones (excluding diaryl/α,β-unsaturated/α-hetero) is 1. The molecule has 0 spiro atoms. The number of hydrogen-bond acceptors (Lipinski definition) is 8. The maximum atomic E-state index is 13.9. The molecule has 4 unspecified atom stereocenters. The van der Waals surface area contributed by atoms with E-state index in [0.717, 1.165) is 51.3 Å². The first-order valence-electron chi connectivity index (χ1n) is 12.9. The zero-order valence-corrected chi connectivity index (χ0v) is 21.4. The number of ketones is 1. The van der Waals surface area contributed by atoms with E-state index in [1.807, 2.05) is 18.2 Å². The highest BCUT2D eigenvalue weighted by Crippen LogP contribution is 2.49. The maximum Gasteiger partial charge on any atom is 0.290 e. The van der Waals surface area contributed by atoms with Crippen LogP contribution in [0, 0.1) is 5.92 Å². The van der Waals surface area contributed by atoms with Gasteiger partial charge in [0, 0.05) is 45.3 Å². The van der Waals surface area contributed by atoms with E-state index in [0.29, 0.717) is 36.5 Å². The molecule has 1 amide bonds. The van der Waals surface area contributed by atoms with Crippen LogP contribution in [0.3, 0.4) is 0 Å². The summed E-state index contributed by atoms with van der Waals surface area (Å²) in [4.78, 5) is 31.8. The van der Waals surface area contributed by atoms with Crippen LogP contribution in [0.4, 0.5) is 0 Å². The lowest BCUT2D eigenvalue weighted by Gasteiger charge is -2.38. The van der Waals surface area contributed by atoms with Crippen molar-refractivity contribution < 1.29 is 33.3 Å². The summed E-state index contributed by atoms with van der Waals surface area (Å²) < 4.78 is 28.5. The summed E-state index contributed by atoms with van der Waals surface area (Å²) in [5, 5.41) is 0. The molecule has 3 heterocycles. The SMILES string of the molecule is COc1ccc(OC)c(C2C3=C(OC4CC(OC)CCC4C3=O)C(=O)N2CCCN2CCOCC2)c1. The van der Waals surface area contributed by atoms with Gasteiger partial charge < -0.3 is 28.6 Å². The largest absolute Gasteiger partial charge is 0.497 e. The second-order valence-corrected chi connectivity index (χ2v) is 9.86. The van der Waals surface area contributed by atoms with E-state index in [1.54, 1.807) is 26.2 Å². The molecule has 1 saturated heterocycles. The number of carbonyl (C=O) groups is 2. The number of morpholine rings is 1. The summed E-state index contributed by atoms with van der Waals surface area (Å²) in [6, 6.07) is 4.93. The molecule has 9 heteroatoms. The molecule has 0 aromatic heterocycles. The van der Waals surface area contributed by atoms with Crippen molar-refractivity contribution in [3.8, 4) is 11.5 Å². The van der Waals surface area contributed by atoms with E-state index in [2.05, 4.69) is 4.90 Å². The van der Waals surface area contributed by atoms with Crippen LogP contribution < -0.4 is 9.47 Å². The molecule has 2 fully saturated rings.